The molecular formula is C11H22N2O2. The Labute approximate surface area is 91.8 Å². The highest BCUT2D eigenvalue weighted by Gasteiger charge is 2.13. The standard InChI is InChI=1S/C11H22N2O2/c1-2-3-4-5-11(14)15-9-10-8-12-6-7-13-10/h10,12-13H,2-9H2,1H3. The van der Waals surface area contributed by atoms with Crippen molar-refractivity contribution in [2.24, 2.45) is 0 Å². The molecular weight excluding hydrogens is 192 g/mol. The summed E-state index contributed by atoms with van der Waals surface area (Å²) in [5.74, 6) is -0.0594. The number of carbonyl (C=O) groups is 1. The summed E-state index contributed by atoms with van der Waals surface area (Å²) in [6, 6.07) is 0.286. The molecule has 1 aliphatic rings. The Morgan fingerprint density at radius 2 is 2.27 bits per heavy atom. The van der Waals surface area contributed by atoms with Crippen LogP contribution in [0.25, 0.3) is 0 Å². The normalized spacial score (nSPS) is 21.3. The number of piperazine rings is 1. The first kappa shape index (κ1) is 12.5. The van der Waals surface area contributed by atoms with Gasteiger partial charge in [-0.1, -0.05) is 19.8 Å². The minimum absolute atomic E-state index is 0.0594. The first-order valence-electron chi connectivity index (χ1n) is 5.92. The van der Waals surface area contributed by atoms with Gasteiger partial charge in [0.15, 0.2) is 0 Å². The predicted octanol–water partition coefficient (Wildman–Crippen LogP) is 0.671. The molecule has 0 saturated carbocycles. The van der Waals surface area contributed by atoms with Crippen LogP contribution in [0.15, 0.2) is 0 Å². The molecule has 1 aliphatic heterocycles. The van der Waals surface area contributed by atoms with E-state index in [1.165, 1.54) is 0 Å². The van der Waals surface area contributed by atoms with Gasteiger partial charge in [-0.15, -0.1) is 0 Å². The van der Waals surface area contributed by atoms with E-state index in [0.29, 0.717) is 13.0 Å². The Hall–Kier alpha value is -0.610. The van der Waals surface area contributed by atoms with E-state index in [9.17, 15) is 4.79 Å². The summed E-state index contributed by atoms with van der Waals surface area (Å²) in [4.78, 5) is 11.3. The second-order valence-electron chi connectivity index (χ2n) is 4.00. The van der Waals surface area contributed by atoms with Gasteiger partial charge in [0.25, 0.3) is 0 Å². The number of hydrogen-bond acceptors (Lipinski definition) is 4. The highest BCUT2D eigenvalue weighted by atomic mass is 16.5. The Kier molecular flexibility index (Phi) is 6.36. The van der Waals surface area contributed by atoms with Crippen LogP contribution < -0.4 is 10.6 Å². The molecule has 0 amide bonds. The van der Waals surface area contributed by atoms with Crippen molar-refractivity contribution in [3.8, 4) is 0 Å². The van der Waals surface area contributed by atoms with E-state index < -0.39 is 0 Å². The molecule has 0 spiro atoms. The van der Waals surface area contributed by atoms with Crippen molar-refractivity contribution in [2.75, 3.05) is 26.2 Å². The van der Waals surface area contributed by atoms with E-state index in [1.807, 2.05) is 0 Å². The minimum atomic E-state index is -0.0594. The van der Waals surface area contributed by atoms with Crippen molar-refractivity contribution < 1.29 is 9.53 Å². The van der Waals surface area contributed by atoms with Gasteiger partial charge >= 0.3 is 5.97 Å². The fourth-order valence-corrected chi connectivity index (χ4v) is 1.62. The van der Waals surface area contributed by atoms with E-state index in [2.05, 4.69) is 17.6 Å². The van der Waals surface area contributed by atoms with E-state index in [-0.39, 0.29) is 12.0 Å². The summed E-state index contributed by atoms with van der Waals surface area (Å²) in [5, 5.41) is 6.56. The van der Waals surface area contributed by atoms with E-state index in [0.717, 1.165) is 38.9 Å². The number of carbonyl (C=O) groups excluding carboxylic acids is 1. The number of nitrogens with one attached hydrogen (secondary N) is 2. The van der Waals surface area contributed by atoms with Gasteiger partial charge in [0, 0.05) is 26.1 Å². The van der Waals surface area contributed by atoms with Gasteiger partial charge in [-0.2, -0.15) is 0 Å². The summed E-state index contributed by atoms with van der Waals surface area (Å²) in [5.41, 5.74) is 0. The second-order valence-corrected chi connectivity index (χ2v) is 4.00. The van der Waals surface area contributed by atoms with Crippen LogP contribution in [0.5, 0.6) is 0 Å². The Bertz CT molecular complexity index is 179. The number of esters is 1. The lowest BCUT2D eigenvalue weighted by Gasteiger charge is -2.23. The quantitative estimate of drug-likeness (QED) is 0.504. The molecule has 1 rings (SSSR count). The molecule has 1 heterocycles. The zero-order valence-corrected chi connectivity index (χ0v) is 9.55. The average Bonchev–Trinajstić information content (AvgIpc) is 2.28. The van der Waals surface area contributed by atoms with Crippen molar-refractivity contribution in [2.45, 2.75) is 38.6 Å². The van der Waals surface area contributed by atoms with Gasteiger partial charge in [0.1, 0.15) is 6.61 Å². The zero-order chi connectivity index (χ0) is 10.9. The van der Waals surface area contributed by atoms with Gasteiger partial charge in [0.05, 0.1) is 6.04 Å². The topological polar surface area (TPSA) is 50.4 Å². The molecule has 1 unspecified atom stereocenters. The van der Waals surface area contributed by atoms with Crippen LogP contribution in [0.2, 0.25) is 0 Å². The summed E-state index contributed by atoms with van der Waals surface area (Å²) in [6.07, 6.45) is 3.76. The van der Waals surface area contributed by atoms with Crippen molar-refractivity contribution >= 4 is 5.97 Å². The third-order valence-electron chi connectivity index (χ3n) is 2.56. The maximum absolute atomic E-state index is 11.3. The second kappa shape index (κ2) is 7.65. The lowest BCUT2D eigenvalue weighted by molar-refractivity contribution is -0.144. The van der Waals surface area contributed by atoms with Gasteiger partial charge in [0.2, 0.25) is 0 Å². The van der Waals surface area contributed by atoms with Crippen molar-refractivity contribution in [3.05, 3.63) is 0 Å². The molecule has 1 fully saturated rings. The van der Waals surface area contributed by atoms with Crippen LogP contribution >= 0.6 is 0 Å². The third kappa shape index (κ3) is 5.74. The first-order chi connectivity index (χ1) is 7.33. The molecule has 0 aromatic rings. The average molecular weight is 214 g/mol. The SMILES string of the molecule is CCCCCC(=O)OCC1CNCCN1. The number of rotatable bonds is 6. The number of hydrogen-bond donors (Lipinski definition) is 2. The summed E-state index contributed by atoms with van der Waals surface area (Å²) in [6.45, 7) is 5.47. The molecule has 2 N–H and O–H groups in total. The largest absolute Gasteiger partial charge is 0.464 e. The van der Waals surface area contributed by atoms with E-state index in [4.69, 9.17) is 4.74 Å². The lowest BCUT2D eigenvalue weighted by atomic mass is 10.2. The Morgan fingerprint density at radius 1 is 1.40 bits per heavy atom. The van der Waals surface area contributed by atoms with Crippen LogP contribution in [-0.4, -0.2) is 38.3 Å². The monoisotopic (exact) mass is 214 g/mol. The van der Waals surface area contributed by atoms with Crippen LogP contribution in [0, 0.1) is 0 Å². The smallest absolute Gasteiger partial charge is 0.305 e. The minimum Gasteiger partial charge on any atom is -0.464 e. The van der Waals surface area contributed by atoms with Crippen molar-refractivity contribution in [1.82, 2.24) is 10.6 Å². The molecule has 1 saturated heterocycles. The third-order valence-corrected chi connectivity index (χ3v) is 2.56. The summed E-state index contributed by atoms with van der Waals surface area (Å²) in [7, 11) is 0. The van der Waals surface area contributed by atoms with Crippen LogP contribution in [0.3, 0.4) is 0 Å². The molecule has 4 nitrogen and oxygen atoms in total. The van der Waals surface area contributed by atoms with Crippen LogP contribution in [0.4, 0.5) is 0 Å². The zero-order valence-electron chi connectivity index (χ0n) is 9.55. The summed E-state index contributed by atoms with van der Waals surface area (Å²) < 4.78 is 5.19. The molecule has 0 aliphatic carbocycles. The molecule has 0 aromatic carbocycles. The Balaban J connectivity index is 2.00. The molecule has 0 aromatic heterocycles. The predicted molar refractivity (Wildman–Crippen MR) is 59.8 cm³/mol. The highest BCUT2D eigenvalue weighted by Crippen LogP contribution is 2.01. The van der Waals surface area contributed by atoms with Gasteiger partial charge in [-0.05, 0) is 6.42 Å². The fraction of sp³-hybridized carbons (Fsp3) is 0.909. The number of unbranched alkanes of at least 4 members (excludes halogenated alkanes) is 2. The van der Waals surface area contributed by atoms with E-state index in [1.54, 1.807) is 0 Å². The Morgan fingerprint density at radius 3 is 2.93 bits per heavy atom. The number of ether oxygens (including phenoxy) is 1. The molecule has 88 valence electrons. The maximum atomic E-state index is 11.3. The van der Waals surface area contributed by atoms with Crippen molar-refractivity contribution in [3.63, 3.8) is 0 Å². The summed E-state index contributed by atoms with van der Waals surface area (Å²) >= 11 is 0. The lowest BCUT2D eigenvalue weighted by Crippen LogP contribution is -2.50. The van der Waals surface area contributed by atoms with Crippen LogP contribution in [0.1, 0.15) is 32.6 Å². The fourth-order valence-electron chi connectivity index (χ4n) is 1.62. The van der Waals surface area contributed by atoms with Crippen LogP contribution in [-0.2, 0) is 9.53 Å². The molecule has 4 heteroatoms. The van der Waals surface area contributed by atoms with Gasteiger partial charge in [-0.3, -0.25) is 4.79 Å². The van der Waals surface area contributed by atoms with E-state index >= 15 is 0 Å². The molecule has 1 atom stereocenters. The van der Waals surface area contributed by atoms with Gasteiger partial charge < -0.3 is 15.4 Å². The molecule has 0 radical (unpaired) electrons. The van der Waals surface area contributed by atoms with Gasteiger partial charge in [-0.25, -0.2) is 0 Å². The molecule has 0 bridgehead atoms. The van der Waals surface area contributed by atoms with Crippen molar-refractivity contribution in [1.29, 1.82) is 0 Å². The highest BCUT2D eigenvalue weighted by molar-refractivity contribution is 5.69. The maximum Gasteiger partial charge on any atom is 0.305 e. The molecule has 15 heavy (non-hydrogen) atoms. The first-order valence-corrected chi connectivity index (χ1v) is 5.92.